The van der Waals surface area contributed by atoms with Gasteiger partial charge in [0.1, 0.15) is 5.75 Å². The van der Waals surface area contributed by atoms with Crippen LogP contribution in [-0.4, -0.2) is 47.8 Å². The minimum absolute atomic E-state index is 0.0794. The van der Waals surface area contributed by atoms with Crippen LogP contribution in [-0.2, 0) is 10.0 Å². The van der Waals surface area contributed by atoms with Gasteiger partial charge < -0.3 is 15.0 Å². The number of ether oxygens (including phenoxy) is 1. The van der Waals surface area contributed by atoms with Crippen molar-refractivity contribution in [3.8, 4) is 5.75 Å². The van der Waals surface area contributed by atoms with E-state index >= 15 is 0 Å². The fourth-order valence-corrected chi connectivity index (χ4v) is 5.10. The SMILES string of the molecule is CCCN(c1cccc(OC(F)F)c1)S(=O)(=O)c1ccc(C)c(N2CCNCC2)c1. The molecular weight excluding hydrogens is 412 g/mol. The first kappa shape index (κ1) is 22.3. The summed E-state index contributed by atoms with van der Waals surface area (Å²) in [5.74, 6) is -0.0794. The molecule has 1 saturated heterocycles. The molecule has 2 aromatic carbocycles. The average molecular weight is 440 g/mol. The van der Waals surface area contributed by atoms with Crippen LogP contribution in [0.3, 0.4) is 0 Å². The molecule has 0 atom stereocenters. The van der Waals surface area contributed by atoms with Gasteiger partial charge in [-0.3, -0.25) is 4.31 Å². The van der Waals surface area contributed by atoms with Crippen molar-refractivity contribution in [2.45, 2.75) is 31.8 Å². The highest BCUT2D eigenvalue weighted by Crippen LogP contribution is 2.31. The molecule has 3 rings (SSSR count). The molecule has 1 aliphatic heterocycles. The molecule has 0 unspecified atom stereocenters. The van der Waals surface area contributed by atoms with Gasteiger partial charge in [0.15, 0.2) is 0 Å². The number of alkyl halides is 2. The molecular formula is C21H27F2N3O3S. The Labute approximate surface area is 176 Å². The van der Waals surface area contributed by atoms with Gasteiger partial charge in [-0.25, -0.2) is 8.42 Å². The van der Waals surface area contributed by atoms with Crippen LogP contribution >= 0.6 is 0 Å². The van der Waals surface area contributed by atoms with E-state index in [-0.39, 0.29) is 17.2 Å². The number of benzene rings is 2. The predicted octanol–water partition coefficient (Wildman–Crippen LogP) is 3.61. The van der Waals surface area contributed by atoms with Crippen LogP contribution in [0.15, 0.2) is 47.4 Å². The van der Waals surface area contributed by atoms with Crippen molar-refractivity contribution >= 4 is 21.4 Å². The first-order valence-electron chi connectivity index (χ1n) is 9.97. The van der Waals surface area contributed by atoms with E-state index in [2.05, 4.69) is 15.0 Å². The summed E-state index contributed by atoms with van der Waals surface area (Å²) in [7, 11) is -3.89. The van der Waals surface area contributed by atoms with Gasteiger partial charge in [-0.1, -0.05) is 19.1 Å². The number of hydrogen-bond acceptors (Lipinski definition) is 5. The monoisotopic (exact) mass is 439 g/mol. The van der Waals surface area contributed by atoms with E-state index in [0.29, 0.717) is 12.1 Å². The highest BCUT2D eigenvalue weighted by molar-refractivity contribution is 7.92. The van der Waals surface area contributed by atoms with Gasteiger partial charge >= 0.3 is 6.61 Å². The second-order valence-corrected chi connectivity index (χ2v) is 9.00. The lowest BCUT2D eigenvalue weighted by atomic mass is 10.1. The number of piperazine rings is 1. The van der Waals surface area contributed by atoms with Crippen LogP contribution in [0.5, 0.6) is 5.75 Å². The van der Waals surface area contributed by atoms with E-state index in [0.717, 1.165) is 37.4 Å². The lowest BCUT2D eigenvalue weighted by Crippen LogP contribution is -2.43. The Bertz CT molecular complexity index is 964. The number of halogens is 2. The number of nitrogens with one attached hydrogen (secondary N) is 1. The van der Waals surface area contributed by atoms with Crippen LogP contribution in [0.4, 0.5) is 20.2 Å². The van der Waals surface area contributed by atoms with Crippen molar-refractivity contribution in [3.05, 3.63) is 48.0 Å². The van der Waals surface area contributed by atoms with Gasteiger partial charge in [-0.15, -0.1) is 0 Å². The van der Waals surface area contributed by atoms with Crippen molar-refractivity contribution in [2.75, 3.05) is 41.9 Å². The summed E-state index contributed by atoms with van der Waals surface area (Å²) in [6.07, 6.45) is 0.565. The quantitative estimate of drug-likeness (QED) is 0.681. The van der Waals surface area contributed by atoms with Crippen molar-refractivity contribution in [1.29, 1.82) is 0 Å². The number of aryl methyl sites for hydroxylation is 1. The summed E-state index contributed by atoms with van der Waals surface area (Å²) in [6, 6.07) is 10.9. The summed E-state index contributed by atoms with van der Waals surface area (Å²) >= 11 is 0. The second-order valence-electron chi connectivity index (χ2n) is 7.14. The van der Waals surface area contributed by atoms with Crippen LogP contribution in [0.25, 0.3) is 0 Å². The molecule has 0 aromatic heterocycles. The van der Waals surface area contributed by atoms with Crippen molar-refractivity contribution in [3.63, 3.8) is 0 Å². The molecule has 0 amide bonds. The summed E-state index contributed by atoms with van der Waals surface area (Å²) in [5, 5.41) is 3.29. The van der Waals surface area contributed by atoms with E-state index < -0.39 is 16.6 Å². The van der Waals surface area contributed by atoms with Crippen molar-refractivity contribution in [2.24, 2.45) is 0 Å². The van der Waals surface area contributed by atoms with E-state index in [1.807, 2.05) is 19.9 Å². The first-order valence-corrected chi connectivity index (χ1v) is 11.4. The molecule has 1 N–H and O–H groups in total. The Morgan fingerprint density at radius 1 is 1.17 bits per heavy atom. The lowest BCUT2D eigenvalue weighted by Gasteiger charge is -2.31. The molecule has 1 fully saturated rings. The summed E-state index contributed by atoms with van der Waals surface area (Å²) < 4.78 is 57.9. The van der Waals surface area contributed by atoms with Crippen LogP contribution in [0, 0.1) is 6.92 Å². The van der Waals surface area contributed by atoms with E-state index in [1.54, 1.807) is 18.2 Å². The Kier molecular flexibility index (Phi) is 7.14. The van der Waals surface area contributed by atoms with E-state index in [4.69, 9.17) is 0 Å². The van der Waals surface area contributed by atoms with Crippen molar-refractivity contribution in [1.82, 2.24) is 5.32 Å². The molecule has 6 nitrogen and oxygen atoms in total. The smallest absolute Gasteiger partial charge is 0.387 e. The Balaban J connectivity index is 1.98. The number of anilines is 2. The fourth-order valence-electron chi connectivity index (χ4n) is 3.53. The van der Waals surface area contributed by atoms with Crippen molar-refractivity contribution < 1.29 is 21.9 Å². The molecule has 0 bridgehead atoms. The highest BCUT2D eigenvalue weighted by atomic mass is 32.2. The van der Waals surface area contributed by atoms with Gasteiger partial charge in [-0.05, 0) is 43.2 Å². The maximum atomic E-state index is 13.5. The topological polar surface area (TPSA) is 61.9 Å². The molecule has 0 aliphatic carbocycles. The standard InChI is InChI=1S/C21H27F2N3O3S/c1-3-11-26(17-5-4-6-18(14-17)29-21(22)23)30(27,28)19-8-7-16(2)20(15-19)25-12-9-24-10-13-25/h4-8,14-15,21,24H,3,9-13H2,1-2H3. The fraction of sp³-hybridized carbons (Fsp3) is 0.429. The number of rotatable bonds is 8. The summed E-state index contributed by atoms with van der Waals surface area (Å²) in [5.41, 5.74) is 2.19. The van der Waals surface area contributed by atoms with E-state index in [1.165, 1.54) is 22.5 Å². The maximum Gasteiger partial charge on any atom is 0.387 e. The molecule has 9 heteroatoms. The Hall–Kier alpha value is -2.39. The predicted molar refractivity (Wildman–Crippen MR) is 114 cm³/mol. The van der Waals surface area contributed by atoms with Gasteiger partial charge in [0.2, 0.25) is 0 Å². The third-order valence-corrected chi connectivity index (χ3v) is 6.81. The van der Waals surface area contributed by atoms with Gasteiger partial charge in [0, 0.05) is 44.5 Å². The zero-order valence-corrected chi connectivity index (χ0v) is 18.0. The Morgan fingerprint density at radius 3 is 2.57 bits per heavy atom. The highest BCUT2D eigenvalue weighted by Gasteiger charge is 2.26. The molecule has 1 aliphatic rings. The maximum absolute atomic E-state index is 13.5. The van der Waals surface area contributed by atoms with Crippen LogP contribution in [0.2, 0.25) is 0 Å². The normalized spacial score (nSPS) is 14.8. The third kappa shape index (κ3) is 5.02. The lowest BCUT2D eigenvalue weighted by molar-refractivity contribution is -0.0498. The number of hydrogen-bond donors (Lipinski definition) is 1. The Morgan fingerprint density at radius 2 is 1.90 bits per heavy atom. The average Bonchev–Trinajstić information content (AvgIpc) is 2.72. The van der Waals surface area contributed by atoms with Crippen LogP contribution in [0.1, 0.15) is 18.9 Å². The molecule has 1 heterocycles. The first-order chi connectivity index (χ1) is 14.3. The number of nitrogens with zero attached hydrogens (tertiary/aromatic N) is 2. The van der Waals surface area contributed by atoms with Gasteiger partial charge in [0.05, 0.1) is 10.6 Å². The zero-order valence-electron chi connectivity index (χ0n) is 17.1. The van der Waals surface area contributed by atoms with Gasteiger partial charge in [-0.2, -0.15) is 8.78 Å². The molecule has 0 saturated carbocycles. The minimum atomic E-state index is -3.89. The molecule has 0 spiro atoms. The summed E-state index contributed by atoms with van der Waals surface area (Å²) in [4.78, 5) is 2.35. The minimum Gasteiger partial charge on any atom is -0.435 e. The molecule has 0 radical (unpaired) electrons. The molecule has 30 heavy (non-hydrogen) atoms. The summed E-state index contributed by atoms with van der Waals surface area (Å²) in [6.45, 7) is 4.36. The zero-order chi connectivity index (χ0) is 21.7. The third-order valence-electron chi connectivity index (χ3n) is 4.98. The van der Waals surface area contributed by atoms with Gasteiger partial charge in [0.25, 0.3) is 10.0 Å². The second kappa shape index (κ2) is 9.61. The van der Waals surface area contributed by atoms with Crippen LogP contribution < -0.4 is 19.3 Å². The molecule has 2 aromatic rings. The number of sulfonamides is 1. The largest absolute Gasteiger partial charge is 0.435 e. The van der Waals surface area contributed by atoms with E-state index in [9.17, 15) is 17.2 Å². The molecule has 164 valence electrons.